The third kappa shape index (κ3) is 5.31. The van der Waals surface area contributed by atoms with E-state index in [-0.39, 0.29) is 26.4 Å². The van der Waals surface area contributed by atoms with Gasteiger partial charge in [-0.2, -0.15) is 13.2 Å². The van der Waals surface area contributed by atoms with Gasteiger partial charge >= 0.3 is 11.0 Å². The smallest absolute Gasteiger partial charge is 0.325 e. The lowest BCUT2D eigenvalue weighted by molar-refractivity contribution is -0.137. The van der Waals surface area contributed by atoms with Gasteiger partial charge in [0.05, 0.1) is 32.2 Å². The zero-order valence-corrected chi connectivity index (χ0v) is 25.0. The monoisotopic (exact) mass is 681 g/mol. The van der Waals surface area contributed by atoms with E-state index in [0.29, 0.717) is 10.4 Å². The summed E-state index contributed by atoms with van der Waals surface area (Å²) in [6.07, 6.45) is -4.62. The summed E-state index contributed by atoms with van der Waals surface area (Å²) in [5.41, 5.74) is -0.531. The van der Waals surface area contributed by atoms with Gasteiger partial charge in [-0.25, -0.2) is 9.29 Å². The molecular weight excluding hydrogens is 665 g/mol. The molecule has 226 valence electrons. The van der Waals surface area contributed by atoms with Crippen molar-refractivity contribution in [3.05, 3.63) is 108 Å². The Kier molecular flexibility index (Phi) is 7.85. The molecule has 1 aromatic heterocycles. The maximum atomic E-state index is 13.9. The number of carbonyl (C=O) groups excluding carboxylic acids is 3. The number of amides is 3. The summed E-state index contributed by atoms with van der Waals surface area (Å²) >= 11 is 14.6. The normalized spacial score (nSPS) is 19.6. The van der Waals surface area contributed by atoms with Gasteiger partial charge in [-0.1, -0.05) is 64.5 Å². The van der Waals surface area contributed by atoms with Gasteiger partial charge in [0.2, 0.25) is 17.7 Å². The molecular formula is C29H17Cl2F4N3O4S2. The molecule has 4 aromatic rings. The van der Waals surface area contributed by atoms with Gasteiger partial charge in [0, 0.05) is 16.5 Å². The molecule has 1 N–H and O–H groups in total. The number of carbonyl (C=O) groups is 3. The van der Waals surface area contributed by atoms with Gasteiger partial charge in [0.1, 0.15) is 17.6 Å². The van der Waals surface area contributed by atoms with E-state index >= 15 is 0 Å². The Hall–Kier alpha value is -3.65. The Morgan fingerprint density at radius 1 is 0.955 bits per heavy atom. The summed E-state index contributed by atoms with van der Waals surface area (Å²) in [4.78, 5) is 54.7. The van der Waals surface area contributed by atoms with Crippen molar-refractivity contribution in [3.8, 4) is 0 Å². The fourth-order valence-corrected chi connectivity index (χ4v) is 8.50. The number of nitrogens with one attached hydrogen (secondary N) is 1. The van der Waals surface area contributed by atoms with Crippen LogP contribution in [0.15, 0.2) is 76.6 Å². The molecule has 0 saturated carbocycles. The van der Waals surface area contributed by atoms with Gasteiger partial charge in [-0.05, 0) is 54.1 Å². The Morgan fingerprint density at radius 2 is 1.66 bits per heavy atom. The summed E-state index contributed by atoms with van der Waals surface area (Å²) in [5.74, 6) is -4.46. The highest BCUT2D eigenvalue weighted by Crippen LogP contribution is 2.55. The van der Waals surface area contributed by atoms with Crippen molar-refractivity contribution in [2.75, 3.05) is 10.2 Å². The van der Waals surface area contributed by atoms with Crippen LogP contribution < -0.4 is 15.1 Å². The fraction of sp³-hybridized carbons (Fsp3) is 0.172. The van der Waals surface area contributed by atoms with Crippen molar-refractivity contribution in [3.63, 3.8) is 0 Å². The number of hydrogen-bond acceptors (Lipinski definition) is 6. The van der Waals surface area contributed by atoms with E-state index in [4.69, 9.17) is 23.2 Å². The maximum absolute atomic E-state index is 13.9. The first-order valence-electron chi connectivity index (χ1n) is 12.8. The third-order valence-electron chi connectivity index (χ3n) is 7.23. The first-order valence-corrected chi connectivity index (χ1v) is 15.2. The second-order valence-corrected chi connectivity index (χ2v) is 12.8. The first kappa shape index (κ1) is 30.4. The van der Waals surface area contributed by atoms with Crippen LogP contribution >= 0.6 is 46.3 Å². The molecule has 3 heterocycles. The van der Waals surface area contributed by atoms with Crippen LogP contribution in [0.2, 0.25) is 10.0 Å². The third-order valence-corrected chi connectivity index (χ3v) is 10.7. The minimum atomic E-state index is -4.62. The van der Waals surface area contributed by atoms with Gasteiger partial charge in [0.15, 0.2) is 0 Å². The van der Waals surface area contributed by atoms with Crippen LogP contribution in [-0.2, 0) is 27.1 Å². The van der Waals surface area contributed by atoms with Crippen molar-refractivity contribution < 1.29 is 31.9 Å². The first-order chi connectivity index (χ1) is 20.8. The Balaban J connectivity index is 1.40. The lowest BCUT2D eigenvalue weighted by Gasteiger charge is -2.31. The van der Waals surface area contributed by atoms with Crippen LogP contribution in [0.1, 0.15) is 21.9 Å². The number of anilines is 2. The Morgan fingerprint density at radius 3 is 2.36 bits per heavy atom. The van der Waals surface area contributed by atoms with Crippen molar-refractivity contribution in [2.24, 2.45) is 5.92 Å². The molecule has 0 radical (unpaired) electrons. The van der Waals surface area contributed by atoms with Crippen LogP contribution in [0.4, 0.5) is 28.9 Å². The summed E-state index contributed by atoms with van der Waals surface area (Å²) in [7, 11) is 0. The number of fused-ring (bicyclic) bond motifs is 2. The molecule has 1 fully saturated rings. The highest BCUT2D eigenvalue weighted by molar-refractivity contribution is 8.00. The predicted molar refractivity (Wildman–Crippen MR) is 159 cm³/mol. The van der Waals surface area contributed by atoms with Crippen molar-refractivity contribution >= 4 is 75.4 Å². The van der Waals surface area contributed by atoms with Gasteiger partial charge < -0.3 is 5.32 Å². The quantitative estimate of drug-likeness (QED) is 0.185. The van der Waals surface area contributed by atoms with E-state index < -0.39 is 63.8 Å². The molecule has 2 aliphatic rings. The second-order valence-electron chi connectivity index (χ2n) is 9.92. The van der Waals surface area contributed by atoms with Crippen LogP contribution in [0, 0.1) is 11.7 Å². The molecule has 1 saturated heterocycles. The molecule has 7 nitrogen and oxygen atoms in total. The number of thioether (sulfide) groups is 1. The van der Waals surface area contributed by atoms with Gasteiger partial charge in [0.25, 0.3) is 0 Å². The van der Waals surface area contributed by atoms with Crippen LogP contribution in [0.3, 0.4) is 0 Å². The Bertz CT molecular complexity index is 1890. The van der Waals surface area contributed by atoms with Crippen molar-refractivity contribution in [2.45, 2.75) is 28.9 Å². The molecule has 0 bridgehead atoms. The minimum Gasteiger partial charge on any atom is -0.325 e. The largest absolute Gasteiger partial charge is 0.416 e. The van der Waals surface area contributed by atoms with E-state index in [9.17, 15) is 36.7 Å². The summed E-state index contributed by atoms with van der Waals surface area (Å²) in [6.45, 7) is -0.578. The zero-order valence-electron chi connectivity index (χ0n) is 21.9. The highest BCUT2D eigenvalue weighted by Gasteiger charge is 2.57. The summed E-state index contributed by atoms with van der Waals surface area (Å²) < 4.78 is 54.2. The SMILES string of the molecule is O=C(Cn1c2c(sc1=O)[C@@H](c1cccc(Cl)c1Cl)[C@@H]1C(=O)N(c3ccc(F)cc3)C(=O)[C@@H]1S2)Nc1cccc(C(F)(F)F)c1. The second kappa shape index (κ2) is 11.4. The van der Waals surface area contributed by atoms with E-state index in [1.807, 2.05) is 0 Å². The fourth-order valence-electron chi connectivity index (χ4n) is 5.31. The van der Waals surface area contributed by atoms with Crippen molar-refractivity contribution in [1.29, 1.82) is 0 Å². The molecule has 3 aromatic carbocycles. The standard InChI is InChI=1S/C29H17Cl2F4N3O4S2/c30-18-6-2-5-17(22(18)31)20-21-23(26(41)38(25(21)40)16-9-7-14(32)8-10-16)43-27-24(20)44-28(42)37(27)12-19(39)36-15-4-1-3-13(11-15)29(33,34)35/h1-11,20-21,23H,12H2,(H,36,39)/t20-,21-,23+/m0/s1. The van der Waals surface area contributed by atoms with E-state index in [0.717, 1.165) is 62.9 Å². The van der Waals surface area contributed by atoms with E-state index in [2.05, 4.69) is 5.32 Å². The molecule has 15 heteroatoms. The molecule has 0 unspecified atom stereocenters. The molecule has 3 atom stereocenters. The Labute approximate surface area is 264 Å². The van der Waals surface area contributed by atoms with Gasteiger partial charge in [-0.3, -0.25) is 23.7 Å². The lowest BCUT2D eigenvalue weighted by Crippen LogP contribution is -2.33. The molecule has 2 aliphatic heterocycles. The number of hydrogen-bond donors (Lipinski definition) is 1. The van der Waals surface area contributed by atoms with Crippen LogP contribution in [-0.4, -0.2) is 27.5 Å². The van der Waals surface area contributed by atoms with Gasteiger partial charge in [-0.15, -0.1) is 0 Å². The number of thiazole rings is 1. The average molecular weight is 683 g/mol. The summed E-state index contributed by atoms with van der Waals surface area (Å²) in [6, 6.07) is 13.7. The van der Waals surface area contributed by atoms with E-state index in [1.54, 1.807) is 18.2 Å². The number of imide groups is 1. The number of alkyl halides is 3. The van der Waals surface area contributed by atoms with Crippen molar-refractivity contribution in [1.82, 2.24) is 4.57 Å². The maximum Gasteiger partial charge on any atom is 0.416 e. The number of halogens is 6. The molecule has 6 rings (SSSR count). The molecule has 0 aliphatic carbocycles. The van der Waals surface area contributed by atoms with Crippen LogP contribution in [0.25, 0.3) is 0 Å². The number of benzene rings is 3. The lowest BCUT2D eigenvalue weighted by atomic mass is 9.83. The molecule has 44 heavy (non-hydrogen) atoms. The average Bonchev–Trinajstić information content (AvgIpc) is 3.41. The predicted octanol–water partition coefficient (Wildman–Crippen LogP) is 6.81. The molecule has 0 spiro atoms. The minimum absolute atomic E-state index is 0.117. The number of rotatable bonds is 5. The van der Waals surface area contributed by atoms with E-state index in [1.165, 1.54) is 18.2 Å². The summed E-state index contributed by atoms with van der Waals surface area (Å²) in [5, 5.41) is 1.87. The zero-order chi connectivity index (χ0) is 31.5. The number of aromatic nitrogens is 1. The topological polar surface area (TPSA) is 88.5 Å². The molecule has 3 amide bonds. The highest BCUT2D eigenvalue weighted by atomic mass is 35.5. The van der Waals surface area contributed by atoms with Crippen LogP contribution in [0.5, 0.6) is 0 Å². The number of nitrogens with zero attached hydrogens (tertiary/aromatic N) is 2.